The first-order valence-corrected chi connectivity index (χ1v) is 6.19. The summed E-state index contributed by atoms with van der Waals surface area (Å²) in [7, 11) is 0. The van der Waals surface area contributed by atoms with E-state index in [0.717, 1.165) is 32.4 Å². The fourth-order valence-corrected chi connectivity index (χ4v) is 2.10. The molecule has 2 amide bonds. The number of nitrogens with zero attached hydrogens (tertiary/aromatic N) is 2. The highest BCUT2D eigenvalue weighted by Crippen LogP contribution is 2.11. The van der Waals surface area contributed by atoms with Gasteiger partial charge in [0.25, 0.3) is 0 Å². The van der Waals surface area contributed by atoms with Crippen molar-refractivity contribution in [1.82, 2.24) is 9.80 Å². The van der Waals surface area contributed by atoms with E-state index in [-0.39, 0.29) is 11.8 Å². The summed E-state index contributed by atoms with van der Waals surface area (Å²) in [6, 6.07) is 0. The lowest BCUT2D eigenvalue weighted by molar-refractivity contribution is -0.127. The Morgan fingerprint density at radius 1 is 0.824 bits per heavy atom. The van der Waals surface area contributed by atoms with E-state index in [1.54, 1.807) is 9.80 Å². The Labute approximate surface area is 102 Å². The van der Waals surface area contributed by atoms with Crippen LogP contribution in [0.25, 0.3) is 0 Å². The summed E-state index contributed by atoms with van der Waals surface area (Å²) < 4.78 is 0. The Kier molecular flexibility index (Phi) is 3.96. The number of rotatable bonds is 6. The molecule has 0 spiro atoms. The minimum Gasteiger partial charge on any atom is -0.319 e. The van der Waals surface area contributed by atoms with Gasteiger partial charge in [0.15, 0.2) is 0 Å². The van der Waals surface area contributed by atoms with Crippen LogP contribution < -0.4 is 0 Å². The number of unbranched alkanes of at least 4 members (excludes halogenated alkanes) is 2. The van der Waals surface area contributed by atoms with Gasteiger partial charge >= 0.3 is 0 Å². The zero-order chi connectivity index (χ0) is 12.1. The molecule has 0 fully saturated rings. The average molecular weight is 234 g/mol. The van der Waals surface area contributed by atoms with Crippen molar-refractivity contribution in [3.05, 3.63) is 24.6 Å². The van der Waals surface area contributed by atoms with Crippen LogP contribution >= 0.6 is 0 Å². The molecule has 0 N–H and O–H groups in total. The van der Waals surface area contributed by atoms with Gasteiger partial charge in [0, 0.05) is 38.3 Å². The molecule has 0 saturated carbocycles. The fourth-order valence-electron chi connectivity index (χ4n) is 2.10. The lowest BCUT2D eigenvalue weighted by Crippen LogP contribution is -2.23. The van der Waals surface area contributed by atoms with Crippen molar-refractivity contribution in [1.29, 1.82) is 0 Å². The van der Waals surface area contributed by atoms with E-state index in [9.17, 15) is 9.59 Å². The second kappa shape index (κ2) is 5.66. The molecule has 0 atom stereocenters. The maximum atomic E-state index is 11.3. The maximum absolute atomic E-state index is 11.3. The first-order chi connectivity index (χ1) is 8.27. The van der Waals surface area contributed by atoms with Crippen LogP contribution in [0, 0.1) is 0 Å². The molecule has 0 aromatic rings. The van der Waals surface area contributed by atoms with Gasteiger partial charge in [-0.25, -0.2) is 0 Å². The molecule has 0 bridgehead atoms. The number of carbonyl (C=O) groups is 2. The van der Waals surface area contributed by atoms with E-state index < -0.39 is 0 Å². The lowest BCUT2D eigenvalue weighted by Gasteiger charge is -2.15. The summed E-state index contributed by atoms with van der Waals surface area (Å²) in [5.74, 6) is 0.394. The Morgan fingerprint density at radius 3 is 1.65 bits per heavy atom. The second-order valence-corrected chi connectivity index (χ2v) is 4.41. The topological polar surface area (TPSA) is 40.6 Å². The molecule has 17 heavy (non-hydrogen) atoms. The summed E-state index contributed by atoms with van der Waals surface area (Å²) >= 11 is 0. The van der Waals surface area contributed by atoms with Crippen LogP contribution in [-0.4, -0.2) is 34.7 Å². The summed E-state index contributed by atoms with van der Waals surface area (Å²) in [6.07, 6.45) is 11.7. The molecular weight excluding hydrogens is 216 g/mol. The van der Waals surface area contributed by atoms with Crippen LogP contribution in [0.15, 0.2) is 24.6 Å². The predicted molar refractivity (Wildman–Crippen MR) is 64.8 cm³/mol. The molecule has 2 rings (SSSR count). The van der Waals surface area contributed by atoms with E-state index in [0.29, 0.717) is 12.8 Å². The zero-order valence-electron chi connectivity index (χ0n) is 9.97. The summed E-state index contributed by atoms with van der Waals surface area (Å²) in [6.45, 7) is 1.61. The highest BCUT2D eigenvalue weighted by atomic mass is 16.2. The van der Waals surface area contributed by atoms with Crippen LogP contribution in [0.1, 0.15) is 32.1 Å². The summed E-state index contributed by atoms with van der Waals surface area (Å²) in [5.41, 5.74) is 0. The van der Waals surface area contributed by atoms with Gasteiger partial charge in [-0.05, 0) is 19.3 Å². The lowest BCUT2D eigenvalue weighted by atomic mass is 10.2. The highest BCUT2D eigenvalue weighted by Gasteiger charge is 2.15. The summed E-state index contributed by atoms with van der Waals surface area (Å²) in [5, 5.41) is 0. The molecule has 0 unspecified atom stereocenters. The van der Waals surface area contributed by atoms with Crippen molar-refractivity contribution in [2.24, 2.45) is 0 Å². The van der Waals surface area contributed by atoms with Crippen LogP contribution in [0.4, 0.5) is 0 Å². The van der Waals surface area contributed by atoms with Crippen molar-refractivity contribution in [3.63, 3.8) is 0 Å². The Morgan fingerprint density at radius 2 is 1.29 bits per heavy atom. The van der Waals surface area contributed by atoms with Gasteiger partial charge < -0.3 is 9.80 Å². The van der Waals surface area contributed by atoms with Crippen molar-refractivity contribution in [3.8, 4) is 0 Å². The van der Waals surface area contributed by atoms with Crippen LogP contribution in [0.2, 0.25) is 0 Å². The molecule has 0 saturated heterocycles. The SMILES string of the molecule is O=C1CC=CN1CCCCCN1C=CCC1=O. The average Bonchev–Trinajstić information content (AvgIpc) is 2.89. The molecule has 2 aliphatic heterocycles. The van der Waals surface area contributed by atoms with E-state index in [4.69, 9.17) is 0 Å². The van der Waals surface area contributed by atoms with E-state index >= 15 is 0 Å². The molecular formula is C13H18N2O2. The number of hydrogen-bond donors (Lipinski definition) is 0. The van der Waals surface area contributed by atoms with Gasteiger partial charge in [-0.3, -0.25) is 9.59 Å². The van der Waals surface area contributed by atoms with Crippen molar-refractivity contribution in [2.75, 3.05) is 13.1 Å². The molecule has 4 nitrogen and oxygen atoms in total. The van der Waals surface area contributed by atoms with Gasteiger partial charge in [0.05, 0.1) is 0 Å². The Bertz CT molecular complexity index is 326. The third kappa shape index (κ3) is 3.19. The minimum atomic E-state index is 0.197. The van der Waals surface area contributed by atoms with E-state index in [2.05, 4.69) is 0 Å². The van der Waals surface area contributed by atoms with Crippen molar-refractivity contribution >= 4 is 11.8 Å². The quantitative estimate of drug-likeness (QED) is 0.656. The molecule has 0 aromatic heterocycles. The molecule has 0 radical (unpaired) electrons. The molecule has 2 heterocycles. The molecule has 0 aliphatic carbocycles. The normalized spacial score (nSPS) is 18.8. The van der Waals surface area contributed by atoms with Crippen LogP contribution in [-0.2, 0) is 9.59 Å². The molecule has 2 aliphatic rings. The van der Waals surface area contributed by atoms with Crippen LogP contribution in [0.3, 0.4) is 0 Å². The fraction of sp³-hybridized carbons (Fsp3) is 0.538. The van der Waals surface area contributed by atoms with Crippen LogP contribution in [0.5, 0.6) is 0 Å². The monoisotopic (exact) mass is 234 g/mol. The van der Waals surface area contributed by atoms with Gasteiger partial charge in [0.1, 0.15) is 0 Å². The molecule has 92 valence electrons. The van der Waals surface area contributed by atoms with Gasteiger partial charge in [0.2, 0.25) is 11.8 Å². The van der Waals surface area contributed by atoms with Gasteiger partial charge in [-0.2, -0.15) is 0 Å². The largest absolute Gasteiger partial charge is 0.319 e. The number of amides is 2. The standard InChI is InChI=1S/C13H18N2O2/c16-12-6-4-10-14(12)8-2-1-3-9-15-11-5-7-13(15)17/h4-5,10-11H,1-3,6-9H2. The third-order valence-electron chi connectivity index (χ3n) is 3.09. The van der Waals surface area contributed by atoms with Crippen molar-refractivity contribution in [2.45, 2.75) is 32.1 Å². The number of hydrogen-bond acceptors (Lipinski definition) is 2. The third-order valence-corrected chi connectivity index (χ3v) is 3.09. The highest BCUT2D eigenvalue weighted by molar-refractivity contribution is 5.81. The molecule has 0 aromatic carbocycles. The Hall–Kier alpha value is -1.58. The first kappa shape index (κ1) is 11.9. The predicted octanol–water partition coefficient (Wildman–Crippen LogP) is 1.65. The Balaban J connectivity index is 1.54. The maximum Gasteiger partial charge on any atom is 0.230 e. The molecule has 4 heteroatoms. The smallest absolute Gasteiger partial charge is 0.230 e. The summed E-state index contributed by atoms with van der Waals surface area (Å²) in [4.78, 5) is 26.1. The van der Waals surface area contributed by atoms with E-state index in [1.807, 2.05) is 24.6 Å². The van der Waals surface area contributed by atoms with Crippen molar-refractivity contribution < 1.29 is 9.59 Å². The second-order valence-electron chi connectivity index (χ2n) is 4.41. The van der Waals surface area contributed by atoms with Gasteiger partial charge in [-0.1, -0.05) is 12.2 Å². The van der Waals surface area contributed by atoms with Gasteiger partial charge in [-0.15, -0.1) is 0 Å². The minimum absolute atomic E-state index is 0.197. The number of carbonyl (C=O) groups excluding carboxylic acids is 2. The zero-order valence-corrected chi connectivity index (χ0v) is 9.97. The van der Waals surface area contributed by atoms with E-state index in [1.165, 1.54) is 0 Å². The first-order valence-electron chi connectivity index (χ1n) is 6.19.